The third-order valence-electron chi connectivity index (χ3n) is 4.66. The van der Waals surface area contributed by atoms with Crippen molar-refractivity contribution >= 4 is 33.5 Å². The van der Waals surface area contributed by atoms with Crippen molar-refractivity contribution in [2.45, 2.75) is 32.6 Å². The number of aryl methyl sites for hydroxylation is 2. The highest BCUT2D eigenvalue weighted by Crippen LogP contribution is 2.47. The molecule has 4 rings (SSSR count). The standard InChI is InChI=1S/C20H21BrN4S.CH4/c1-12-10-14(21)7-8-15(12)19-17-18(16-6-4-5-9-22-16)24-25(3)20(17)23-13(2)11-26-19;/h4-10,13,19,23H,11H2,1-3H3;1H4. The Kier molecular flexibility index (Phi) is 5.96. The van der Waals surface area contributed by atoms with E-state index in [-0.39, 0.29) is 12.7 Å². The van der Waals surface area contributed by atoms with E-state index in [1.807, 2.05) is 47.9 Å². The summed E-state index contributed by atoms with van der Waals surface area (Å²) in [6.07, 6.45) is 1.83. The number of benzene rings is 1. The molecule has 142 valence electrons. The Hall–Kier alpha value is -1.79. The van der Waals surface area contributed by atoms with Gasteiger partial charge in [0.05, 0.1) is 10.9 Å². The van der Waals surface area contributed by atoms with Crippen LogP contribution in [0.25, 0.3) is 11.4 Å². The molecule has 2 unspecified atom stereocenters. The molecule has 1 aliphatic rings. The fourth-order valence-corrected chi connectivity index (χ4v) is 5.30. The summed E-state index contributed by atoms with van der Waals surface area (Å²) in [6, 6.07) is 12.9. The monoisotopic (exact) mass is 444 g/mol. The lowest BCUT2D eigenvalue weighted by molar-refractivity contribution is 0.757. The van der Waals surface area contributed by atoms with Crippen molar-refractivity contribution in [3.8, 4) is 11.4 Å². The van der Waals surface area contributed by atoms with Gasteiger partial charge in [-0.25, -0.2) is 0 Å². The zero-order chi connectivity index (χ0) is 18.3. The Morgan fingerprint density at radius 2 is 2.07 bits per heavy atom. The van der Waals surface area contributed by atoms with E-state index in [9.17, 15) is 0 Å². The largest absolute Gasteiger partial charge is 0.367 e. The highest BCUT2D eigenvalue weighted by Gasteiger charge is 2.31. The van der Waals surface area contributed by atoms with Crippen molar-refractivity contribution < 1.29 is 0 Å². The summed E-state index contributed by atoms with van der Waals surface area (Å²) in [5.74, 6) is 2.13. The second-order valence-electron chi connectivity index (χ2n) is 6.71. The van der Waals surface area contributed by atoms with Crippen molar-refractivity contribution in [2.24, 2.45) is 7.05 Å². The van der Waals surface area contributed by atoms with E-state index in [0.29, 0.717) is 6.04 Å². The van der Waals surface area contributed by atoms with Gasteiger partial charge in [0.2, 0.25) is 0 Å². The number of hydrogen-bond donors (Lipinski definition) is 1. The maximum Gasteiger partial charge on any atom is 0.129 e. The molecule has 1 aliphatic heterocycles. The van der Waals surface area contributed by atoms with Crippen LogP contribution < -0.4 is 5.32 Å². The molecular weight excluding hydrogens is 420 g/mol. The lowest BCUT2D eigenvalue weighted by Gasteiger charge is -2.19. The maximum atomic E-state index is 4.83. The van der Waals surface area contributed by atoms with Gasteiger partial charge in [0.1, 0.15) is 11.5 Å². The summed E-state index contributed by atoms with van der Waals surface area (Å²) in [7, 11) is 2.01. The number of fused-ring (bicyclic) bond motifs is 1. The van der Waals surface area contributed by atoms with Crippen LogP contribution in [0.2, 0.25) is 0 Å². The Bertz CT molecular complexity index is 939. The Morgan fingerprint density at radius 3 is 2.78 bits per heavy atom. The molecule has 0 fully saturated rings. The molecule has 0 bridgehead atoms. The third kappa shape index (κ3) is 3.78. The van der Waals surface area contributed by atoms with Crippen LogP contribution in [0.4, 0.5) is 5.82 Å². The molecule has 1 N–H and O–H groups in total. The second kappa shape index (κ2) is 8.07. The average molecular weight is 445 g/mol. The van der Waals surface area contributed by atoms with Gasteiger partial charge in [0.25, 0.3) is 0 Å². The minimum absolute atomic E-state index is 0. The Balaban J connectivity index is 0.00000210. The predicted molar refractivity (Wildman–Crippen MR) is 119 cm³/mol. The van der Waals surface area contributed by atoms with Crippen molar-refractivity contribution in [3.05, 3.63) is 63.8 Å². The van der Waals surface area contributed by atoms with Gasteiger partial charge >= 0.3 is 0 Å². The minimum atomic E-state index is 0. The number of aromatic nitrogens is 3. The summed E-state index contributed by atoms with van der Waals surface area (Å²) >= 11 is 5.56. The molecule has 27 heavy (non-hydrogen) atoms. The van der Waals surface area contributed by atoms with E-state index in [1.54, 1.807) is 0 Å². The third-order valence-corrected chi connectivity index (χ3v) is 6.67. The fourth-order valence-electron chi connectivity index (χ4n) is 3.43. The Morgan fingerprint density at radius 1 is 1.26 bits per heavy atom. The summed E-state index contributed by atoms with van der Waals surface area (Å²) in [6.45, 7) is 4.40. The molecule has 2 aromatic heterocycles. The van der Waals surface area contributed by atoms with Gasteiger partial charge in [-0.15, -0.1) is 11.8 Å². The van der Waals surface area contributed by atoms with Crippen LogP contribution in [0.3, 0.4) is 0 Å². The predicted octanol–water partition coefficient (Wildman–Crippen LogP) is 5.83. The quantitative estimate of drug-likeness (QED) is 0.539. The lowest BCUT2D eigenvalue weighted by Crippen LogP contribution is -2.18. The molecule has 6 heteroatoms. The smallest absolute Gasteiger partial charge is 0.129 e. The normalized spacial score (nSPS) is 18.8. The van der Waals surface area contributed by atoms with Crippen LogP contribution in [-0.2, 0) is 7.05 Å². The summed E-state index contributed by atoms with van der Waals surface area (Å²) < 4.78 is 3.07. The number of halogens is 1. The zero-order valence-electron chi connectivity index (χ0n) is 15.0. The number of hydrogen-bond acceptors (Lipinski definition) is 4. The number of rotatable bonds is 2. The van der Waals surface area contributed by atoms with Crippen LogP contribution >= 0.6 is 27.7 Å². The number of nitrogens with one attached hydrogen (secondary N) is 1. The highest BCUT2D eigenvalue weighted by atomic mass is 79.9. The van der Waals surface area contributed by atoms with E-state index in [2.05, 4.69) is 58.3 Å². The van der Waals surface area contributed by atoms with Crippen molar-refractivity contribution in [2.75, 3.05) is 11.1 Å². The summed E-state index contributed by atoms with van der Waals surface area (Å²) in [5, 5.41) is 8.71. The van der Waals surface area contributed by atoms with Gasteiger partial charge in [0, 0.05) is 35.1 Å². The molecule has 0 saturated heterocycles. The first-order chi connectivity index (χ1) is 12.5. The van der Waals surface area contributed by atoms with Gasteiger partial charge in [-0.2, -0.15) is 5.10 Å². The summed E-state index contributed by atoms with van der Waals surface area (Å²) in [4.78, 5) is 4.56. The number of nitrogens with zero attached hydrogens (tertiary/aromatic N) is 3. The molecule has 2 atom stereocenters. The zero-order valence-corrected chi connectivity index (χ0v) is 17.4. The maximum absolute atomic E-state index is 4.83. The second-order valence-corrected chi connectivity index (χ2v) is 8.76. The van der Waals surface area contributed by atoms with E-state index in [0.717, 1.165) is 27.4 Å². The molecular formula is C21H25BrN4S. The molecule has 3 heterocycles. The van der Waals surface area contributed by atoms with E-state index < -0.39 is 0 Å². The molecule has 4 nitrogen and oxygen atoms in total. The van der Waals surface area contributed by atoms with E-state index in [4.69, 9.17) is 5.10 Å². The van der Waals surface area contributed by atoms with Crippen molar-refractivity contribution in [1.29, 1.82) is 0 Å². The minimum Gasteiger partial charge on any atom is -0.367 e. The Labute approximate surface area is 173 Å². The topological polar surface area (TPSA) is 42.7 Å². The van der Waals surface area contributed by atoms with Crippen LogP contribution in [0.1, 0.15) is 36.3 Å². The molecule has 0 amide bonds. The van der Waals surface area contributed by atoms with Gasteiger partial charge in [-0.3, -0.25) is 9.67 Å². The first-order valence-corrected chi connectivity index (χ1v) is 10.5. The van der Waals surface area contributed by atoms with E-state index >= 15 is 0 Å². The van der Waals surface area contributed by atoms with Gasteiger partial charge in [-0.1, -0.05) is 35.5 Å². The molecule has 3 aromatic rings. The van der Waals surface area contributed by atoms with Crippen LogP contribution in [0.5, 0.6) is 0 Å². The number of pyridine rings is 1. The molecule has 1 aromatic carbocycles. The molecule has 0 spiro atoms. The van der Waals surface area contributed by atoms with Crippen LogP contribution in [0, 0.1) is 6.92 Å². The van der Waals surface area contributed by atoms with Gasteiger partial charge in [-0.05, 0) is 49.2 Å². The average Bonchev–Trinajstić information content (AvgIpc) is 2.83. The lowest BCUT2D eigenvalue weighted by atomic mass is 9.98. The van der Waals surface area contributed by atoms with Crippen molar-refractivity contribution in [1.82, 2.24) is 14.8 Å². The molecule has 0 radical (unpaired) electrons. The summed E-state index contributed by atoms with van der Waals surface area (Å²) in [5.41, 5.74) is 5.73. The fraction of sp³-hybridized carbons (Fsp3) is 0.333. The van der Waals surface area contributed by atoms with Gasteiger partial charge in [0.15, 0.2) is 0 Å². The highest BCUT2D eigenvalue weighted by molar-refractivity contribution is 9.10. The molecule has 0 saturated carbocycles. The molecule has 0 aliphatic carbocycles. The number of thioether (sulfide) groups is 1. The first-order valence-electron chi connectivity index (χ1n) is 8.67. The van der Waals surface area contributed by atoms with E-state index in [1.165, 1.54) is 16.7 Å². The van der Waals surface area contributed by atoms with Crippen LogP contribution in [-0.4, -0.2) is 26.6 Å². The van der Waals surface area contributed by atoms with Crippen LogP contribution in [0.15, 0.2) is 47.1 Å². The SMILES string of the molecule is C.Cc1cc(Br)ccc1C1SCC(C)Nc2c1c(-c1ccccn1)nn2C. The van der Waals surface area contributed by atoms with Crippen molar-refractivity contribution in [3.63, 3.8) is 0 Å². The number of anilines is 1. The van der Waals surface area contributed by atoms with Gasteiger partial charge < -0.3 is 5.32 Å². The first kappa shape index (κ1) is 20.0.